The topological polar surface area (TPSA) is 30.5 Å². The third-order valence-electron chi connectivity index (χ3n) is 3.24. The van der Waals surface area contributed by atoms with E-state index >= 15 is 0 Å². The van der Waals surface area contributed by atoms with E-state index < -0.39 is 0 Å². The van der Waals surface area contributed by atoms with E-state index in [1.54, 1.807) is 14.2 Å². The van der Waals surface area contributed by atoms with E-state index in [0.717, 1.165) is 12.1 Å². The van der Waals surface area contributed by atoms with Crippen molar-refractivity contribution in [2.45, 2.75) is 12.7 Å². The monoisotopic (exact) mass is 271 g/mol. The maximum atomic E-state index is 5.19. The van der Waals surface area contributed by atoms with Crippen molar-refractivity contribution in [1.82, 2.24) is 0 Å². The third-order valence-corrected chi connectivity index (χ3v) is 3.24. The molecule has 0 saturated carbocycles. The molecule has 0 spiro atoms. The second kappa shape index (κ2) is 7.68. The van der Waals surface area contributed by atoms with Crippen molar-refractivity contribution in [1.29, 1.82) is 0 Å². The maximum absolute atomic E-state index is 5.19. The van der Waals surface area contributed by atoms with Crippen LogP contribution in [-0.4, -0.2) is 27.1 Å². The molecule has 0 heterocycles. The van der Waals surface area contributed by atoms with Crippen LogP contribution in [0, 0.1) is 0 Å². The van der Waals surface area contributed by atoms with Crippen LogP contribution in [-0.2, 0) is 15.9 Å². The van der Waals surface area contributed by atoms with Crippen LogP contribution >= 0.6 is 0 Å². The molecule has 2 aromatic rings. The molecule has 3 nitrogen and oxygen atoms in total. The lowest BCUT2D eigenvalue weighted by atomic mass is 10.0. The SMILES string of the molecule is COC(CNc1ccccc1Cc1ccccc1)OC. The van der Waals surface area contributed by atoms with Gasteiger partial charge in [0.2, 0.25) is 0 Å². The number of methoxy groups -OCH3 is 2. The highest BCUT2D eigenvalue weighted by atomic mass is 16.7. The van der Waals surface area contributed by atoms with Gasteiger partial charge in [0.25, 0.3) is 0 Å². The van der Waals surface area contributed by atoms with Gasteiger partial charge in [-0.25, -0.2) is 0 Å². The molecule has 0 saturated heterocycles. The molecule has 0 amide bonds. The molecule has 0 atom stereocenters. The standard InChI is InChI=1S/C17H21NO2/c1-19-17(20-2)13-18-16-11-7-6-10-15(16)12-14-8-4-3-5-9-14/h3-11,17-18H,12-13H2,1-2H3. The van der Waals surface area contributed by atoms with Crippen molar-refractivity contribution in [3.8, 4) is 0 Å². The zero-order chi connectivity index (χ0) is 14.2. The van der Waals surface area contributed by atoms with E-state index in [1.165, 1.54) is 11.1 Å². The van der Waals surface area contributed by atoms with Gasteiger partial charge in [-0.1, -0.05) is 48.5 Å². The van der Waals surface area contributed by atoms with Crippen molar-refractivity contribution in [2.24, 2.45) is 0 Å². The number of nitrogens with one attached hydrogen (secondary N) is 1. The normalized spacial score (nSPS) is 10.8. The smallest absolute Gasteiger partial charge is 0.173 e. The van der Waals surface area contributed by atoms with E-state index in [4.69, 9.17) is 9.47 Å². The van der Waals surface area contributed by atoms with Crippen molar-refractivity contribution >= 4 is 5.69 Å². The van der Waals surface area contributed by atoms with Crippen molar-refractivity contribution < 1.29 is 9.47 Å². The fourth-order valence-electron chi connectivity index (χ4n) is 2.12. The lowest BCUT2D eigenvalue weighted by molar-refractivity contribution is -0.0914. The summed E-state index contributed by atoms with van der Waals surface area (Å²) in [7, 11) is 3.29. The zero-order valence-electron chi connectivity index (χ0n) is 12.0. The van der Waals surface area contributed by atoms with Gasteiger partial charge in [0.1, 0.15) is 0 Å². The van der Waals surface area contributed by atoms with Gasteiger partial charge in [-0.3, -0.25) is 0 Å². The fraction of sp³-hybridized carbons (Fsp3) is 0.294. The van der Waals surface area contributed by atoms with Crippen LogP contribution in [0.3, 0.4) is 0 Å². The predicted molar refractivity (Wildman–Crippen MR) is 82.0 cm³/mol. The first kappa shape index (κ1) is 14.6. The second-order valence-electron chi connectivity index (χ2n) is 4.60. The van der Waals surface area contributed by atoms with Crippen LogP contribution in [0.1, 0.15) is 11.1 Å². The van der Waals surface area contributed by atoms with Crippen LogP contribution < -0.4 is 5.32 Å². The number of ether oxygens (including phenoxy) is 2. The van der Waals surface area contributed by atoms with E-state index in [0.29, 0.717) is 6.54 Å². The minimum atomic E-state index is -0.236. The molecule has 0 aliphatic heterocycles. The van der Waals surface area contributed by atoms with Gasteiger partial charge in [0.05, 0.1) is 6.54 Å². The summed E-state index contributed by atoms with van der Waals surface area (Å²) in [6.45, 7) is 0.624. The number of rotatable bonds is 7. The molecule has 0 radical (unpaired) electrons. The lowest BCUT2D eigenvalue weighted by Crippen LogP contribution is -2.24. The Morgan fingerprint density at radius 2 is 1.55 bits per heavy atom. The Bertz CT molecular complexity index is 509. The van der Waals surface area contributed by atoms with Crippen LogP contribution in [0.25, 0.3) is 0 Å². The molecule has 2 rings (SSSR count). The summed E-state index contributed by atoms with van der Waals surface area (Å²) in [5.74, 6) is 0. The summed E-state index contributed by atoms with van der Waals surface area (Å²) in [6, 6.07) is 18.8. The molecule has 0 unspecified atom stereocenters. The van der Waals surface area contributed by atoms with Crippen LogP contribution in [0.2, 0.25) is 0 Å². The molecule has 0 fully saturated rings. The molecular formula is C17H21NO2. The highest BCUT2D eigenvalue weighted by Crippen LogP contribution is 2.19. The Morgan fingerprint density at radius 3 is 2.25 bits per heavy atom. The van der Waals surface area contributed by atoms with Gasteiger partial charge in [0, 0.05) is 19.9 Å². The zero-order valence-corrected chi connectivity index (χ0v) is 12.0. The summed E-state index contributed by atoms with van der Waals surface area (Å²) in [4.78, 5) is 0. The Labute approximate surface area is 120 Å². The lowest BCUT2D eigenvalue weighted by Gasteiger charge is -2.17. The minimum Gasteiger partial charge on any atom is -0.380 e. The van der Waals surface area contributed by atoms with E-state index in [1.807, 2.05) is 12.1 Å². The molecule has 1 N–H and O–H groups in total. The van der Waals surface area contributed by atoms with Gasteiger partial charge in [-0.05, 0) is 23.6 Å². The number of benzene rings is 2. The highest BCUT2D eigenvalue weighted by molar-refractivity contribution is 5.52. The summed E-state index contributed by atoms with van der Waals surface area (Å²) in [5.41, 5.74) is 3.69. The van der Waals surface area contributed by atoms with E-state index in [2.05, 4.69) is 47.8 Å². The molecule has 0 aliphatic rings. The number of hydrogen-bond acceptors (Lipinski definition) is 3. The number of anilines is 1. The summed E-state index contributed by atoms with van der Waals surface area (Å²) in [6.07, 6.45) is 0.675. The highest BCUT2D eigenvalue weighted by Gasteiger charge is 2.07. The van der Waals surface area contributed by atoms with Crippen LogP contribution in [0.5, 0.6) is 0 Å². The molecule has 0 aromatic heterocycles. The van der Waals surface area contributed by atoms with Gasteiger partial charge < -0.3 is 14.8 Å². The van der Waals surface area contributed by atoms with E-state index in [-0.39, 0.29) is 6.29 Å². The average Bonchev–Trinajstić information content (AvgIpc) is 2.51. The quantitative estimate of drug-likeness (QED) is 0.784. The molecule has 0 bridgehead atoms. The summed E-state index contributed by atoms with van der Waals surface area (Å²) >= 11 is 0. The summed E-state index contributed by atoms with van der Waals surface area (Å²) < 4.78 is 10.4. The molecular weight excluding hydrogens is 250 g/mol. The van der Waals surface area contributed by atoms with E-state index in [9.17, 15) is 0 Å². The molecule has 3 heteroatoms. The summed E-state index contributed by atoms with van der Waals surface area (Å²) in [5, 5.41) is 3.39. The Balaban J connectivity index is 2.06. The fourth-order valence-corrected chi connectivity index (χ4v) is 2.12. The Kier molecular flexibility index (Phi) is 5.59. The van der Waals surface area contributed by atoms with Gasteiger partial charge in [-0.15, -0.1) is 0 Å². The number of hydrogen-bond donors (Lipinski definition) is 1. The van der Waals surface area contributed by atoms with Crippen molar-refractivity contribution in [3.63, 3.8) is 0 Å². The average molecular weight is 271 g/mol. The molecule has 20 heavy (non-hydrogen) atoms. The van der Waals surface area contributed by atoms with Gasteiger partial charge >= 0.3 is 0 Å². The van der Waals surface area contributed by atoms with Crippen molar-refractivity contribution in [3.05, 3.63) is 65.7 Å². The maximum Gasteiger partial charge on any atom is 0.173 e. The minimum absolute atomic E-state index is 0.236. The van der Waals surface area contributed by atoms with Gasteiger partial charge in [0.15, 0.2) is 6.29 Å². The van der Waals surface area contributed by atoms with Crippen LogP contribution in [0.15, 0.2) is 54.6 Å². The molecule has 2 aromatic carbocycles. The third kappa shape index (κ3) is 4.08. The van der Waals surface area contributed by atoms with Crippen LogP contribution in [0.4, 0.5) is 5.69 Å². The number of para-hydroxylation sites is 1. The van der Waals surface area contributed by atoms with Crippen molar-refractivity contribution in [2.75, 3.05) is 26.1 Å². The Morgan fingerprint density at radius 1 is 0.900 bits per heavy atom. The molecule has 0 aliphatic carbocycles. The first-order valence-electron chi connectivity index (χ1n) is 6.74. The predicted octanol–water partition coefficient (Wildman–Crippen LogP) is 3.31. The second-order valence-corrected chi connectivity index (χ2v) is 4.60. The molecule has 106 valence electrons. The Hall–Kier alpha value is -1.84. The van der Waals surface area contributed by atoms with Gasteiger partial charge in [-0.2, -0.15) is 0 Å². The first-order chi connectivity index (χ1) is 9.83. The first-order valence-corrected chi connectivity index (χ1v) is 6.74. The largest absolute Gasteiger partial charge is 0.380 e.